The zero-order valence-corrected chi connectivity index (χ0v) is 15.6. The second-order valence-corrected chi connectivity index (χ2v) is 6.14. The van der Waals surface area contributed by atoms with Crippen LogP contribution in [0.4, 0.5) is 5.69 Å². The van der Waals surface area contributed by atoms with Crippen molar-refractivity contribution in [1.29, 1.82) is 0 Å². The molecule has 1 heterocycles. The van der Waals surface area contributed by atoms with Gasteiger partial charge in [0.2, 0.25) is 5.43 Å². The summed E-state index contributed by atoms with van der Waals surface area (Å²) >= 11 is 5.98. The Morgan fingerprint density at radius 1 is 1.14 bits per heavy atom. The quantitative estimate of drug-likeness (QED) is 0.667. The molecule has 3 aromatic rings. The van der Waals surface area contributed by atoms with Gasteiger partial charge >= 0.3 is 5.97 Å². The fraction of sp³-hybridized carbons (Fsp3) is 0.100. The van der Waals surface area contributed by atoms with Gasteiger partial charge in [-0.15, -0.1) is 0 Å². The number of nitrogens with zero attached hydrogens (tertiary/aromatic N) is 2. The molecule has 7 nitrogen and oxygen atoms in total. The first kappa shape index (κ1) is 19.3. The van der Waals surface area contributed by atoms with Crippen molar-refractivity contribution in [3.8, 4) is 5.69 Å². The lowest BCUT2D eigenvalue weighted by Crippen LogP contribution is -2.25. The zero-order chi connectivity index (χ0) is 20.1. The third kappa shape index (κ3) is 4.44. The van der Waals surface area contributed by atoms with Crippen molar-refractivity contribution in [2.24, 2.45) is 0 Å². The highest BCUT2D eigenvalue weighted by Crippen LogP contribution is 2.14. The van der Waals surface area contributed by atoms with Gasteiger partial charge in [0.25, 0.3) is 5.91 Å². The normalized spacial score (nSPS) is 10.4. The molecule has 2 aromatic carbocycles. The molecule has 0 saturated carbocycles. The molecule has 0 aliphatic carbocycles. The summed E-state index contributed by atoms with van der Waals surface area (Å²) in [4.78, 5) is 36.3. The van der Waals surface area contributed by atoms with E-state index in [0.717, 1.165) is 0 Å². The number of rotatable bonds is 5. The second-order valence-electron chi connectivity index (χ2n) is 5.70. The van der Waals surface area contributed by atoms with E-state index in [0.29, 0.717) is 22.0 Å². The Morgan fingerprint density at radius 3 is 2.57 bits per heavy atom. The van der Waals surface area contributed by atoms with E-state index in [1.54, 1.807) is 43.3 Å². The van der Waals surface area contributed by atoms with Crippen LogP contribution in [-0.2, 0) is 4.74 Å². The zero-order valence-electron chi connectivity index (χ0n) is 14.9. The Kier molecular flexibility index (Phi) is 5.86. The van der Waals surface area contributed by atoms with Gasteiger partial charge in [0.1, 0.15) is 0 Å². The van der Waals surface area contributed by atoms with E-state index in [1.165, 1.54) is 29.1 Å². The van der Waals surface area contributed by atoms with E-state index in [2.05, 4.69) is 10.4 Å². The summed E-state index contributed by atoms with van der Waals surface area (Å²) in [5, 5.41) is 7.21. The first-order valence-electron chi connectivity index (χ1n) is 8.42. The number of hydrogen-bond donors (Lipinski definition) is 1. The van der Waals surface area contributed by atoms with Crippen molar-refractivity contribution >= 4 is 29.2 Å². The Balaban J connectivity index is 1.82. The molecule has 0 aliphatic heterocycles. The minimum atomic E-state index is -0.662. The molecule has 0 bridgehead atoms. The van der Waals surface area contributed by atoms with Crippen molar-refractivity contribution in [2.45, 2.75) is 6.92 Å². The molecule has 0 radical (unpaired) electrons. The summed E-state index contributed by atoms with van der Waals surface area (Å²) < 4.78 is 6.30. The first-order valence-corrected chi connectivity index (χ1v) is 8.80. The smallest absolute Gasteiger partial charge is 0.338 e. The Labute approximate surface area is 165 Å². The highest BCUT2D eigenvalue weighted by Gasteiger charge is 2.14. The van der Waals surface area contributed by atoms with Crippen LogP contribution < -0.4 is 10.7 Å². The third-order valence-corrected chi connectivity index (χ3v) is 3.99. The van der Waals surface area contributed by atoms with Crippen LogP contribution in [0.25, 0.3) is 5.69 Å². The predicted molar refractivity (Wildman–Crippen MR) is 105 cm³/mol. The molecule has 1 aromatic heterocycles. The SMILES string of the molecule is CCOC(=O)c1ccc(NC(=O)c2nn(-c3cccc(Cl)c3)ccc2=O)cc1. The molecular formula is C20H16ClN3O4. The third-order valence-electron chi connectivity index (χ3n) is 3.75. The second kappa shape index (κ2) is 8.49. The molecule has 0 fully saturated rings. The number of aromatic nitrogens is 2. The maximum Gasteiger partial charge on any atom is 0.338 e. The number of halogens is 1. The van der Waals surface area contributed by atoms with Gasteiger partial charge < -0.3 is 10.1 Å². The van der Waals surface area contributed by atoms with Crippen molar-refractivity contribution in [1.82, 2.24) is 9.78 Å². The van der Waals surface area contributed by atoms with E-state index < -0.39 is 17.3 Å². The molecule has 0 saturated heterocycles. The molecule has 1 N–H and O–H groups in total. The van der Waals surface area contributed by atoms with Crippen LogP contribution >= 0.6 is 11.6 Å². The highest BCUT2D eigenvalue weighted by molar-refractivity contribution is 6.30. The molecule has 0 unspecified atom stereocenters. The molecule has 0 aliphatic rings. The van der Waals surface area contributed by atoms with Crippen LogP contribution in [0.1, 0.15) is 27.8 Å². The largest absolute Gasteiger partial charge is 0.462 e. The van der Waals surface area contributed by atoms with Crippen LogP contribution in [0.5, 0.6) is 0 Å². The fourth-order valence-corrected chi connectivity index (χ4v) is 2.61. The van der Waals surface area contributed by atoms with E-state index in [-0.39, 0.29) is 12.3 Å². The average Bonchev–Trinajstić information content (AvgIpc) is 2.69. The number of amides is 1. The number of carbonyl (C=O) groups excluding carboxylic acids is 2. The monoisotopic (exact) mass is 397 g/mol. The minimum absolute atomic E-state index is 0.267. The van der Waals surface area contributed by atoms with Crippen LogP contribution in [0.15, 0.2) is 65.6 Å². The Bertz CT molecular complexity index is 1080. The van der Waals surface area contributed by atoms with Gasteiger partial charge in [-0.3, -0.25) is 9.59 Å². The van der Waals surface area contributed by atoms with Gasteiger partial charge in [-0.2, -0.15) is 5.10 Å². The predicted octanol–water partition coefficient (Wildman–Crippen LogP) is 3.31. The number of esters is 1. The van der Waals surface area contributed by atoms with E-state index in [4.69, 9.17) is 16.3 Å². The topological polar surface area (TPSA) is 90.3 Å². The maximum atomic E-state index is 12.5. The van der Waals surface area contributed by atoms with Crippen LogP contribution in [-0.4, -0.2) is 28.3 Å². The number of benzene rings is 2. The summed E-state index contributed by atoms with van der Waals surface area (Å²) in [6.45, 7) is 1.99. The lowest BCUT2D eigenvalue weighted by molar-refractivity contribution is 0.0526. The van der Waals surface area contributed by atoms with Crippen LogP contribution in [0.3, 0.4) is 0 Å². The Morgan fingerprint density at radius 2 is 1.89 bits per heavy atom. The first-order chi connectivity index (χ1) is 13.5. The summed E-state index contributed by atoms with van der Waals surface area (Å²) in [7, 11) is 0. The molecule has 0 atom stereocenters. The lowest BCUT2D eigenvalue weighted by Gasteiger charge is -2.09. The summed E-state index contributed by atoms with van der Waals surface area (Å²) in [6.07, 6.45) is 1.46. The van der Waals surface area contributed by atoms with Gasteiger partial charge in [0, 0.05) is 23.0 Å². The van der Waals surface area contributed by atoms with Crippen LogP contribution in [0.2, 0.25) is 5.02 Å². The molecular weight excluding hydrogens is 382 g/mol. The molecule has 1 amide bonds. The number of nitrogens with one attached hydrogen (secondary N) is 1. The van der Waals surface area contributed by atoms with Crippen molar-refractivity contribution in [3.63, 3.8) is 0 Å². The fourth-order valence-electron chi connectivity index (χ4n) is 2.42. The maximum absolute atomic E-state index is 12.5. The van der Waals surface area contributed by atoms with E-state index in [9.17, 15) is 14.4 Å². The standard InChI is InChI=1S/C20H16ClN3O4/c1-2-28-20(27)13-6-8-15(9-7-13)22-19(26)18-17(25)10-11-24(23-18)16-5-3-4-14(21)12-16/h3-12H,2H2,1H3,(H,22,26). The van der Waals surface area contributed by atoms with Gasteiger partial charge in [-0.1, -0.05) is 17.7 Å². The van der Waals surface area contributed by atoms with E-state index in [1.807, 2.05) is 0 Å². The average molecular weight is 398 g/mol. The number of hydrogen-bond acceptors (Lipinski definition) is 5. The highest BCUT2D eigenvalue weighted by atomic mass is 35.5. The summed E-state index contributed by atoms with van der Waals surface area (Å²) in [5.74, 6) is -1.11. The Hall–Kier alpha value is -3.45. The van der Waals surface area contributed by atoms with E-state index >= 15 is 0 Å². The van der Waals surface area contributed by atoms with Crippen molar-refractivity contribution < 1.29 is 14.3 Å². The molecule has 3 rings (SSSR count). The summed E-state index contributed by atoms with van der Waals surface area (Å²) in [6, 6.07) is 14.3. The molecule has 28 heavy (non-hydrogen) atoms. The van der Waals surface area contributed by atoms with Gasteiger partial charge in [0.15, 0.2) is 5.69 Å². The van der Waals surface area contributed by atoms with Crippen molar-refractivity contribution in [2.75, 3.05) is 11.9 Å². The lowest BCUT2D eigenvalue weighted by atomic mass is 10.2. The molecule has 0 spiro atoms. The van der Waals surface area contributed by atoms with Gasteiger partial charge in [-0.25, -0.2) is 9.48 Å². The molecule has 8 heteroatoms. The number of ether oxygens (including phenoxy) is 1. The number of anilines is 1. The van der Waals surface area contributed by atoms with Crippen LogP contribution in [0, 0.1) is 0 Å². The van der Waals surface area contributed by atoms with Crippen molar-refractivity contribution in [3.05, 3.63) is 87.3 Å². The minimum Gasteiger partial charge on any atom is -0.462 e. The van der Waals surface area contributed by atoms with Gasteiger partial charge in [-0.05, 0) is 49.4 Å². The summed E-state index contributed by atoms with van der Waals surface area (Å²) in [5.41, 5.74) is 0.606. The molecule has 142 valence electrons. The van der Waals surface area contributed by atoms with Gasteiger partial charge in [0.05, 0.1) is 17.9 Å². The number of carbonyl (C=O) groups is 2.